The van der Waals surface area contributed by atoms with Crippen LogP contribution in [0, 0.1) is 18.3 Å². The van der Waals surface area contributed by atoms with Crippen molar-refractivity contribution in [1.82, 2.24) is 4.57 Å². The summed E-state index contributed by atoms with van der Waals surface area (Å²) in [5.41, 5.74) is -1.79. The van der Waals surface area contributed by atoms with Crippen molar-refractivity contribution >= 4 is 11.9 Å². The van der Waals surface area contributed by atoms with Gasteiger partial charge in [-0.05, 0) is 31.0 Å². The minimum atomic E-state index is -4.58. The molecule has 0 amide bonds. The molecule has 8 heteroatoms. The summed E-state index contributed by atoms with van der Waals surface area (Å²) in [6.07, 6.45) is -0.0774. The van der Waals surface area contributed by atoms with Gasteiger partial charge in [0.05, 0.1) is 16.8 Å². The van der Waals surface area contributed by atoms with E-state index in [2.05, 4.69) is 4.99 Å². The lowest BCUT2D eigenvalue weighted by molar-refractivity contribution is -0.137. The first kappa shape index (κ1) is 22.2. The van der Waals surface area contributed by atoms with Crippen molar-refractivity contribution in [1.29, 1.82) is 5.26 Å². The van der Waals surface area contributed by atoms with Crippen LogP contribution in [-0.4, -0.2) is 15.9 Å². The van der Waals surface area contributed by atoms with E-state index >= 15 is 0 Å². The highest BCUT2D eigenvalue weighted by molar-refractivity contribution is 5.87. The molecule has 0 atom stereocenters. The number of hydrogen-bond donors (Lipinski definition) is 1. The molecule has 0 fully saturated rings. The molecule has 0 bridgehead atoms. The molecule has 1 aromatic heterocycles. The molecule has 2 rings (SSSR count). The molecule has 5 nitrogen and oxygen atoms in total. The molecule has 1 aromatic carbocycles. The molecule has 0 aliphatic rings. The number of unbranched alkanes of at least 4 members (excludes halogenated alkanes) is 3. The summed E-state index contributed by atoms with van der Waals surface area (Å²) < 4.78 is 40.6. The Kier molecular flexibility index (Phi) is 7.21. The molecule has 1 heterocycles. The molecule has 0 saturated heterocycles. The van der Waals surface area contributed by atoms with E-state index < -0.39 is 23.2 Å². The van der Waals surface area contributed by atoms with Crippen LogP contribution in [0.5, 0.6) is 5.88 Å². The molecule has 1 N–H and O–H groups in total. The fourth-order valence-corrected chi connectivity index (χ4v) is 2.99. The highest BCUT2D eigenvalue weighted by Crippen LogP contribution is 2.36. The second-order valence-electron chi connectivity index (χ2n) is 6.64. The molecule has 29 heavy (non-hydrogen) atoms. The summed E-state index contributed by atoms with van der Waals surface area (Å²) in [5.74, 6) is -0.406. The number of aromatic hydroxyl groups is 1. The molecule has 2 aromatic rings. The lowest BCUT2D eigenvalue weighted by Crippen LogP contribution is -2.25. The van der Waals surface area contributed by atoms with Gasteiger partial charge in [-0.1, -0.05) is 38.3 Å². The van der Waals surface area contributed by atoms with Gasteiger partial charge < -0.3 is 5.11 Å². The fourth-order valence-electron chi connectivity index (χ4n) is 2.99. The van der Waals surface area contributed by atoms with Gasteiger partial charge >= 0.3 is 6.18 Å². The number of alkyl halides is 3. The van der Waals surface area contributed by atoms with Crippen LogP contribution in [0.1, 0.15) is 54.9 Å². The maximum Gasteiger partial charge on any atom is 0.418 e. The zero-order chi connectivity index (χ0) is 21.6. The van der Waals surface area contributed by atoms with E-state index in [0.29, 0.717) is 6.42 Å². The summed E-state index contributed by atoms with van der Waals surface area (Å²) in [6.45, 7) is 3.70. The van der Waals surface area contributed by atoms with E-state index in [1.54, 1.807) is 0 Å². The first-order valence-corrected chi connectivity index (χ1v) is 9.29. The number of halogens is 3. The van der Waals surface area contributed by atoms with Gasteiger partial charge in [-0.2, -0.15) is 18.4 Å². The Morgan fingerprint density at radius 1 is 1.24 bits per heavy atom. The predicted molar refractivity (Wildman–Crippen MR) is 105 cm³/mol. The number of hydrogen-bond acceptors (Lipinski definition) is 4. The third-order valence-electron chi connectivity index (χ3n) is 4.62. The molecule has 0 saturated carbocycles. The number of rotatable bonds is 7. The molecule has 0 aliphatic carbocycles. The van der Waals surface area contributed by atoms with E-state index in [4.69, 9.17) is 0 Å². The molecule has 0 aliphatic heterocycles. The monoisotopic (exact) mass is 405 g/mol. The highest BCUT2D eigenvalue weighted by atomic mass is 19.4. The van der Waals surface area contributed by atoms with E-state index in [1.165, 1.54) is 25.1 Å². The zero-order valence-corrected chi connectivity index (χ0v) is 16.3. The Bertz CT molecular complexity index is 1000. The van der Waals surface area contributed by atoms with Gasteiger partial charge in [0.15, 0.2) is 0 Å². The van der Waals surface area contributed by atoms with Crippen LogP contribution in [0.2, 0.25) is 0 Å². The van der Waals surface area contributed by atoms with Crippen LogP contribution in [0.25, 0.3) is 0 Å². The van der Waals surface area contributed by atoms with Crippen molar-refractivity contribution in [2.45, 2.75) is 52.3 Å². The van der Waals surface area contributed by atoms with Crippen molar-refractivity contribution in [2.75, 3.05) is 0 Å². The third-order valence-corrected chi connectivity index (χ3v) is 4.62. The van der Waals surface area contributed by atoms with Gasteiger partial charge in [-0.15, -0.1) is 0 Å². The first-order chi connectivity index (χ1) is 13.7. The number of aromatic nitrogens is 1. The third kappa shape index (κ3) is 5.05. The van der Waals surface area contributed by atoms with Gasteiger partial charge in [-0.25, -0.2) is 0 Å². The SMILES string of the molecule is CCCCCCn1c(O)c(C=Nc2ccccc2C(F)(F)F)c(C)c(C#N)c1=O. The van der Waals surface area contributed by atoms with Crippen LogP contribution < -0.4 is 5.56 Å². The summed E-state index contributed by atoms with van der Waals surface area (Å²) in [6, 6.07) is 6.62. The second-order valence-corrected chi connectivity index (χ2v) is 6.64. The lowest BCUT2D eigenvalue weighted by Gasteiger charge is -2.14. The van der Waals surface area contributed by atoms with Gasteiger partial charge in [0.2, 0.25) is 5.88 Å². The van der Waals surface area contributed by atoms with Crippen molar-refractivity contribution in [2.24, 2.45) is 4.99 Å². The first-order valence-electron chi connectivity index (χ1n) is 9.29. The van der Waals surface area contributed by atoms with Gasteiger partial charge in [0, 0.05) is 12.8 Å². The summed E-state index contributed by atoms with van der Waals surface area (Å²) in [7, 11) is 0. The van der Waals surface area contributed by atoms with Crippen LogP contribution in [0.3, 0.4) is 0 Å². The van der Waals surface area contributed by atoms with E-state index in [-0.39, 0.29) is 28.9 Å². The molecule has 154 valence electrons. The number of nitrogens with zero attached hydrogens (tertiary/aromatic N) is 3. The smallest absolute Gasteiger partial charge is 0.418 e. The number of aliphatic imine (C=N–C) groups is 1. The summed E-state index contributed by atoms with van der Waals surface area (Å²) >= 11 is 0. The molecular formula is C21H22F3N3O2. The topological polar surface area (TPSA) is 78.4 Å². The van der Waals surface area contributed by atoms with Gasteiger partial charge in [0.1, 0.15) is 11.6 Å². The maximum absolute atomic E-state index is 13.2. The van der Waals surface area contributed by atoms with Crippen molar-refractivity contribution in [3.63, 3.8) is 0 Å². The number of nitriles is 1. The molecule has 0 spiro atoms. The minimum Gasteiger partial charge on any atom is -0.494 e. The van der Waals surface area contributed by atoms with Crippen LogP contribution in [-0.2, 0) is 12.7 Å². The van der Waals surface area contributed by atoms with Gasteiger partial charge in [0.25, 0.3) is 5.56 Å². The zero-order valence-electron chi connectivity index (χ0n) is 16.3. The quantitative estimate of drug-likeness (QED) is 0.515. The van der Waals surface area contributed by atoms with Crippen LogP contribution >= 0.6 is 0 Å². The van der Waals surface area contributed by atoms with Crippen molar-refractivity contribution < 1.29 is 18.3 Å². The number of pyridine rings is 1. The summed E-state index contributed by atoms with van der Waals surface area (Å²) in [4.78, 5) is 16.4. The van der Waals surface area contributed by atoms with E-state index in [0.717, 1.165) is 36.1 Å². The average molecular weight is 405 g/mol. The molecule has 0 radical (unpaired) electrons. The standard InChI is InChI=1S/C21H22F3N3O2/c1-3-4-5-8-11-27-19(28)15(12-25)14(2)16(20(27)29)13-26-18-10-7-6-9-17(18)21(22,23)24/h6-7,9-10,13,29H,3-5,8,11H2,1-2H3. The summed E-state index contributed by atoms with van der Waals surface area (Å²) in [5, 5.41) is 19.9. The van der Waals surface area contributed by atoms with Crippen LogP contribution in [0.15, 0.2) is 34.1 Å². The minimum absolute atomic E-state index is 0.0496. The Balaban J connectivity index is 2.52. The number of para-hydroxylation sites is 1. The van der Waals surface area contributed by atoms with E-state index in [1.807, 2.05) is 13.0 Å². The van der Waals surface area contributed by atoms with Crippen molar-refractivity contribution in [3.05, 3.63) is 56.9 Å². The molecule has 0 unspecified atom stereocenters. The molecular weight excluding hydrogens is 383 g/mol. The lowest BCUT2D eigenvalue weighted by atomic mass is 10.1. The Labute approximate surface area is 166 Å². The Morgan fingerprint density at radius 3 is 2.55 bits per heavy atom. The highest BCUT2D eigenvalue weighted by Gasteiger charge is 2.33. The second kappa shape index (κ2) is 9.41. The average Bonchev–Trinajstić information content (AvgIpc) is 2.67. The maximum atomic E-state index is 13.2. The van der Waals surface area contributed by atoms with Gasteiger partial charge in [-0.3, -0.25) is 14.4 Å². The Hall–Kier alpha value is -3.08. The Morgan fingerprint density at radius 2 is 1.93 bits per heavy atom. The van der Waals surface area contributed by atoms with Crippen LogP contribution in [0.4, 0.5) is 18.9 Å². The van der Waals surface area contributed by atoms with E-state index in [9.17, 15) is 28.3 Å². The number of benzene rings is 1. The normalized spacial score (nSPS) is 11.7. The van der Waals surface area contributed by atoms with Crippen molar-refractivity contribution in [3.8, 4) is 11.9 Å². The fraction of sp³-hybridized carbons (Fsp3) is 0.381. The largest absolute Gasteiger partial charge is 0.494 e. The predicted octanol–water partition coefficient (Wildman–Crippen LogP) is 5.08.